The summed E-state index contributed by atoms with van der Waals surface area (Å²) in [6, 6.07) is 7.05. The molecule has 2 heterocycles. The largest absolute Gasteiger partial charge is 0.436 e. The van der Waals surface area contributed by atoms with Crippen LogP contribution in [0.5, 0.6) is 0 Å². The van der Waals surface area contributed by atoms with Gasteiger partial charge in [0.15, 0.2) is 5.89 Å². The fraction of sp³-hybridized carbons (Fsp3) is 0.267. The first-order valence-corrected chi connectivity index (χ1v) is 6.68. The Bertz CT molecular complexity index is 721. The monoisotopic (exact) mass is 285 g/mol. The molecule has 6 nitrogen and oxygen atoms in total. The molecule has 1 unspecified atom stereocenters. The third kappa shape index (κ3) is 2.52. The van der Waals surface area contributed by atoms with Crippen LogP contribution in [0.2, 0.25) is 0 Å². The molecule has 21 heavy (non-hydrogen) atoms. The molecule has 0 fully saturated rings. The van der Waals surface area contributed by atoms with Crippen molar-refractivity contribution >= 4 is 17.5 Å². The molecule has 0 saturated heterocycles. The molecule has 2 amide bonds. The van der Waals surface area contributed by atoms with Crippen molar-refractivity contribution < 1.29 is 14.0 Å². The minimum Gasteiger partial charge on any atom is -0.436 e. The Hall–Kier alpha value is -2.63. The Balaban J connectivity index is 1.87. The number of carbonyl (C=O) groups is 2. The van der Waals surface area contributed by atoms with E-state index in [1.165, 1.54) is 0 Å². The fourth-order valence-corrected chi connectivity index (χ4v) is 2.51. The van der Waals surface area contributed by atoms with Crippen molar-refractivity contribution in [3.8, 4) is 0 Å². The second-order valence-corrected chi connectivity index (χ2v) is 5.01. The number of hydrogen-bond donors (Lipinski definition) is 2. The molecule has 0 radical (unpaired) electrons. The summed E-state index contributed by atoms with van der Waals surface area (Å²) in [5, 5.41) is 5.63. The predicted molar refractivity (Wildman–Crippen MR) is 75.9 cm³/mol. The summed E-state index contributed by atoms with van der Waals surface area (Å²) in [5.41, 5.74) is 2.16. The zero-order valence-corrected chi connectivity index (χ0v) is 11.8. The maximum Gasteiger partial charge on any atom is 0.289 e. The molecule has 2 aromatic rings. The van der Waals surface area contributed by atoms with Crippen LogP contribution in [0, 0.1) is 13.8 Å². The number of anilines is 1. The van der Waals surface area contributed by atoms with Gasteiger partial charge in [0.25, 0.3) is 5.91 Å². The van der Waals surface area contributed by atoms with E-state index in [0.717, 1.165) is 11.3 Å². The smallest absolute Gasteiger partial charge is 0.289 e. The SMILES string of the molecule is Cc1nc(C)c(C(=O)NC2CC(=O)Nc3ccccc32)o1. The van der Waals surface area contributed by atoms with Crippen LogP contribution in [0.1, 0.15) is 40.2 Å². The van der Waals surface area contributed by atoms with Gasteiger partial charge >= 0.3 is 0 Å². The van der Waals surface area contributed by atoms with Gasteiger partial charge in [-0.1, -0.05) is 18.2 Å². The molecule has 0 bridgehead atoms. The number of aryl methyl sites for hydroxylation is 2. The highest BCUT2D eigenvalue weighted by atomic mass is 16.4. The summed E-state index contributed by atoms with van der Waals surface area (Å²) in [7, 11) is 0. The lowest BCUT2D eigenvalue weighted by atomic mass is 9.97. The zero-order valence-electron chi connectivity index (χ0n) is 11.8. The second-order valence-electron chi connectivity index (χ2n) is 5.01. The number of para-hydroxylation sites is 1. The molecule has 2 N–H and O–H groups in total. The van der Waals surface area contributed by atoms with Crippen molar-refractivity contribution in [2.45, 2.75) is 26.3 Å². The Morgan fingerprint density at radius 1 is 1.38 bits per heavy atom. The van der Waals surface area contributed by atoms with Gasteiger partial charge in [0.1, 0.15) is 0 Å². The first-order chi connectivity index (χ1) is 10.0. The van der Waals surface area contributed by atoms with E-state index in [4.69, 9.17) is 4.42 Å². The number of aromatic nitrogens is 1. The number of rotatable bonds is 2. The van der Waals surface area contributed by atoms with Crippen molar-refractivity contribution in [1.82, 2.24) is 10.3 Å². The summed E-state index contributed by atoms with van der Waals surface area (Å²) in [4.78, 5) is 28.1. The van der Waals surface area contributed by atoms with Gasteiger partial charge in [0.2, 0.25) is 11.7 Å². The Morgan fingerprint density at radius 3 is 2.86 bits per heavy atom. The third-order valence-electron chi connectivity index (χ3n) is 3.41. The van der Waals surface area contributed by atoms with Crippen LogP contribution in [-0.2, 0) is 4.79 Å². The number of benzene rings is 1. The van der Waals surface area contributed by atoms with E-state index in [1.807, 2.05) is 24.3 Å². The van der Waals surface area contributed by atoms with Crippen LogP contribution in [0.4, 0.5) is 5.69 Å². The topological polar surface area (TPSA) is 84.2 Å². The van der Waals surface area contributed by atoms with Crippen LogP contribution >= 0.6 is 0 Å². The molecule has 1 aromatic heterocycles. The van der Waals surface area contributed by atoms with Gasteiger partial charge in [-0.2, -0.15) is 0 Å². The number of amides is 2. The molecule has 1 aliphatic rings. The number of hydrogen-bond acceptors (Lipinski definition) is 4. The molecule has 1 aromatic carbocycles. The van der Waals surface area contributed by atoms with E-state index in [9.17, 15) is 9.59 Å². The van der Waals surface area contributed by atoms with Gasteiger partial charge in [-0.15, -0.1) is 0 Å². The first-order valence-electron chi connectivity index (χ1n) is 6.68. The molecule has 6 heteroatoms. The lowest BCUT2D eigenvalue weighted by Crippen LogP contribution is -2.35. The maximum absolute atomic E-state index is 12.3. The molecule has 108 valence electrons. The van der Waals surface area contributed by atoms with E-state index in [2.05, 4.69) is 15.6 Å². The molecule has 1 atom stereocenters. The quantitative estimate of drug-likeness (QED) is 0.885. The lowest BCUT2D eigenvalue weighted by Gasteiger charge is -2.26. The number of fused-ring (bicyclic) bond motifs is 1. The van der Waals surface area contributed by atoms with E-state index in [0.29, 0.717) is 11.6 Å². The van der Waals surface area contributed by atoms with E-state index in [1.54, 1.807) is 13.8 Å². The minimum absolute atomic E-state index is 0.121. The molecule has 3 rings (SSSR count). The van der Waals surface area contributed by atoms with Gasteiger partial charge in [-0.05, 0) is 18.6 Å². The van der Waals surface area contributed by atoms with Crippen LogP contribution < -0.4 is 10.6 Å². The molecule has 0 aliphatic carbocycles. The Morgan fingerprint density at radius 2 is 2.14 bits per heavy atom. The summed E-state index contributed by atoms with van der Waals surface area (Å²) >= 11 is 0. The van der Waals surface area contributed by atoms with Crippen molar-refractivity contribution in [3.63, 3.8) is 0 Å². The maximum atomic E-state index is 12.3. The van der Waals surface area contributed by atoms with Crippen LogP contribution in [0.15, 0.2) is 28.7 Å². The van der Waals surface area contributed by atoms with Gasteiger partial charge in [-0.3, -0.25) is 9.59 Å². The second kappa shape index (κ2) is 5.05. The van der Waals surface area contributed by atoms with Crippen molar-refractivity contribution in [2.24, 2.45) is 0 Å². The van der Waals surface area contributed by atoms with E-state index in [-0.39, 0.29) is 30.0 Å². The lowest BCUT2D eigenvalue weighted by molar-refractivity contribution is -0.116. The number of carbonyl (C=O) groups excluding carboxylic acids is 2. The van der Waals surface area contributed by atoms with Gasteiger partial charge in [0.05, 0.1) is 18.2 Å². The first kappa shape index (κ1) is 13.4. The average molecular weight is 285 g/mol. The van der Waals surface area contributed by atoms with Gasteiger partial charge in [-0.25, -0.2) is 4.98 Å². The highest BCUT2D eigenvalue weighted by Gasteiger charge is 2.28. The predicted octanol–water partition coefficient (Wildman–Crippen LogP) is 2.10. The van der Waals surface area contributed by atoms with Crippen LogP contribution in [-0.4, -0.2) is 16.8 Å². The molecule has 0 spiro atoms. The number of nitrogens with one attached hydrogen (secondary N) is 2. The molecular formula is C15H15N3O3. The van der Waals surface area contributed by atoms with Crippen molar-refractivity contribution in [3.05, 3.63) is 47.2 Å². The highest BCUT2D eigenvalue weighted by molar-refractivity contribution is 5.97. The number of nitrogens with zero attached hydrogens (tertiary/aromatic N) is 1. The summed E-state index contributed by atoms with van der Waals surface area (Å²) in [6.45, 7) is 3.40. The fourth-order valence-electron chi connectivity index (χ4n) is 2.51. The standard InChI is InChI=1S/C15H15N3O3/c1-8-14(21-9(2)16-8)15(20)18-12-7-13(19)17-11-6-4-3-5-10(11)12/h3-6,12H,7H2,1-2H3,(H,17,19)(H,18,20). The minimum atomic E-state index is -0.368. The van der Waals surface area contributed by atoms with Crippen molar-refractivity contribution in [2.75, 3.05) is 5.32 Å². The Labute approximate surface area is 121 Å². The highest BCUT2D eigenvalue weighted by Crippen LogP contribution is 2.30. The summed E-state index contributed by atoms with van der Waals surface area (Å²) in [5.74, 6) is 0.155. The van der Waals surface area contributed by atoms with Gasteiger partial charge < -0.3 is 15.1 Å². The molecular weight excluding hydrogens is 270 g/mol. The van der Waals surface area contributed by atoms with Crippen LogP contribution in [0.3, 0.4) is 0 Å². The zero-order chi connectivity index (χ0) is 15.0. The molecule has 1 aliphatic heterocycles. The van der Waals surface area contributed by atoms with Gasteiger partial charge in [0, 0.05) is 12.6 Å². The normalized spacial score (nSPS) is 17.0. The average Bonchev–Trinajstić information content (AvgIpc) is 2.77. The third-order valence-corrected chi connectivity index (χ3v) is 3.41. The molecule has 0 saturated carbocycles. The van der Waals surface area contributed by atoms with E-state index < -0.39 is 0 Å². The summed E-state index contributed by atoms with van der Waals surface area (Å²) in [6.07, 6.45) is 0.203. The van der Waals surface area contributed by atoms with E-state index >= 15 is 0 Å². The summed E-state index contributed by atoms with van der Waals surface area (Å²) < 4.78 is 5.31. The van der Waals surface area contributed by atoms with Crippen LogP contribution in [0.25, 0.3) is 0 Å². The number of oxazole rings is 1. The Kier molecular flexibility index (Phi) is 3.21. The van der Waals surface area contributed by atoms with Crippen molar-refractivity contribution in [1.29, 1.82) is 0 Å².